The van der Waals surface area contributed by atoms with Crippen LogP contribution in [0, 0.1) is 0 Å². The highest BCUT2D eigenvalue weighted by molar-refractivity contribution is 5.82. The van der Waals surface area contributed by atoms with Gasteiger partial charge in [0.1, 0.15) is 5.60 Å². The van der Waals surface area contributed by atoms with E-state index in [9.17, 15) is 5.11 Å². The van der Waals surface area contributed by atoms with Gasteiger partial charge in [-0.25, -0.2) is 0 Å². The second kappa shape index (κ2) is 3.84. The highest BCUT2D eigenvalue weighted by Gasteiger charge is 2.28. The molecule has 0 amide bonds. The number of phenolic OH excluding ortho intramolecular Hbond substituents is 1. The molecular formula is C14H16O3. The topological polar surface area (TPSA) is 38.7 Å². The van der Waals surface area contributed by atoms with E-state index in [1.54, 1.807) is 12.1 Å². The highest BCUT2D eigenvalue weighted by atomic mass is 16.5. The summed E-state index contributed by atoms with van der Waals surface area (Å²) < 4.78 is 10.8. The van der Waals surface area contributed by atoms with Gasteiger partial charge in [-0.1, -0.05) is 12.7 Å². The van der Waals surface area contributed by atoms with Gasteiger partial charge in [0.25, 0.3) is 0 Å². The molecule has 17 heavy (non-hydrogen) atoms. The van der Waals surface area contributed by atoms with Crippen LogP contribution in [0.1, 0.15) is 19.4 Å². The van der Waals surface area contributed by atoms with E-state index < -0.39 is 5.60 Å². The van der Waals surface area contributed by atoms with Crippen molar-refractivity contribution in [3.8, 4) is 17.2 Å². The summed E-state index contributed by atoms with van der Waals surface area (Å²) in [5, 5.41) is 10.1. The minimum Gasteiger partial charge on any atom is -0.502 e. The monoisotopic (exact) mass is 232 g/mol. The van der Waals surface area contributed by atoms with Gasteiger partial charge in [-0.2, -0.15) is 0 Å². The molecule has 2 rings (SSSR count). The summed E-state index contributed by atoms with van der Waals surface area (Å²) in [5.74, 6) is 0.891. The molecule has 0 unspecified atom stereocenters. The van der Waals surface area contributed by atoms with Crippen molar-refractivity contribution in [2.75, 3.05) is 7.11 Å². The molecule has 0 atom stereocenters. The lowest BCUT2D eigenvalue weighted by Crippen LogP contribution is -2.28. The molecule has 0 aliphatic carbocycles. The normalized spacial score (nSPS) is 16.5. The molecule has 1 aromatic carbocycles. The number of rotatable bonds is 2. The molecule has 1 aliphatic heterocycles. The first kappa shape index (κ1) is 11.6. The minimum atomic E-state index is -0.472. The number of methoxy groups -OCH3 is 1. The number of allylic oxidation sites excluding steroid dienone is 2. The van der Waals surface area contributed by atoms with Crippen molar-refractivity contribution in [3.05, 3.63) is 36.4 Å². The summed E-state index contributed by atoms with van der Waals surface area (Å²) in [6, 6.07) is 3.57. The van der Waals surface area contributed by atoms with E-state index in [1.165, 1.54) is 7.11 Å². The third-order valence-electron chi connectivity index (χ3n) is 2.71. The molecule has 3 heteroatoms. The Hall–Kier alpha value is -1.90. The second-order valence-corrected chi connectivity index (χ2v) is 4.50. The van der Waals surface area contributed by atoms with Crippen LogP contribution in [0.4, 0.5) is 0 Å². The average Bonchev–Trinajstić information content (AvgIpc) is 2.28. The van der Waals surface area contributed by atoms with Gasteiger partial charge in [-0.3, -0.25) is 0 Å². The van der Waals surface area contributed by atoms with Crippen molar-refractivity contribution in [2.45, 2.75) is 19.4 Å². The Kier molecular flexibility index (Phi) is 2.62. The van der Waals surface area contributed by atoms with Crippen LogP contribution < -0.4 is 9.47 Å². The van der Waals surface area contributed by atoms with Crippen molar-refractivity contribution >= 4 is 5.57 Å². The van der Waals surface area contributed by atoms with Gasteiger partial charge >= 0.3 is 0 Å². The Balaban J connectivity index is 2.65. The van der Waals surface area contributed by atoms with Gasteiger partial charge in [-0.15, -0.1) is 0 Å². The molecule has 0 saturated carbocycles. The third kappa shape index (κ3) is 1.88. The van der Waals surface area contributed by atoms with Gasteiger partial charge in [0.2, 0.25) is 5.75 Å². The number of hydrogen-bond acceptors (Lipinski definition) is 3. The lowest BCUT2D eigenvalue weighted by Gasteiger charge is -2.31. The molecule has 0 saturated heterocycles. The molecule has 0 spiro atoms. The van der Waals surface area contributed by atoms with E-state index in [2.05, 4.69) is 6.58 Å². The molecule has 0 radical (unpaired) electrons. The van der Waals surface area contributed by atoms with Crippen molar-refractivity contribution in [3.63, 3.8) is 0 Å². The van der Waals surface area contributed by atoms with Crippen LogP contribution in [0.2, 0.25) is 0 Å². The number of fused-ring (bicyclic) bond motifs is 1. The Bertz CT molecular complexity index is 498. The van der Waals surface area contributed by atoms with Gasteiger partial charge in [-0.05, 0) is 37.6 Å². The predicted octanol–water partition coefficient (Wildman–Crippen LogP) is 3.14. The SMILES string of the molecule is C=CC1=CC(C)(C)Oc2c1ccc(OC)c2O. The molecule has 0 aromatic heterocycles. The number of hydrogen-bond donors (Lipinski definition) is 1. The van der Waals surface area contributed by atoms with Crippen LogP contribution in [0.5, 0.6) is 17.2 Å². The van der Waals surface area contributed by atoms with Crippen molar-refractivity contribution in [1.29, 1.82) is 0 Å². The van der Waals surface area contributed by atoms with E-state index in [0.29, 0.717) is 11.5 Å². The number of ether oxygens (including phenoxy) is 2. The minimum absolute atomic E-state index is 0.0329. The quantitative estimate of drug-likeness (QED) is 0.851. The number of aromatic hydroxyl groups is 1. The summed E-state index contributed by atoms with van der Waals surface area (Å²) in [4.78, 5) is 0. The van der Waals surface area contributed by atoms with Gasteiger partial charge in [0.05, 0.1) is 7.11 Å². The van der Waals surface area contributed by atoms with Crippen LogP contribution in [0.3, 0.4) is 0 Å². The Labute approximate surface area is 101 Å². The Morgan fingerprint density at radius 2 is 2.12 bits per heavy atom. The molecular weight excluding hydrogens is 216 g/mol. The first-order valence-corrected chi connectivity index (χ1v) is 5.43. The first-order chi connectivity index (χ1) is 7.98. The smallest absolute Gasteiger partial charge is 0.201 e. The van der Waals surface area contributed by atoms with E-state index >= 15 is 0 Å². The standard InChI is InChI=1S/C14H16O3/c1-5-9-8-14(2,3)17-13-10(9)6-7-11(16-4)12(13)15/h5-8,15H,1H2,2-4H3. The summed E-state index contributed by atoms with van der Waals surface area (Å²) >= 11 is 0. The Morgan fingerprint density at radius 3 is 2.71 bits per heavy atom. The molecule has 90 valence electrons. The maximum Gasteiger partial charge on any atom is 0.201 e. The zero-order valence-electron chi connectivity index (χ0n) is 10.3. The largest absolute Gasteiger partial charge is 0.502 e. The molecule has 1 N–H and O–H groups in total. The summed E-state index contributed by atoms with van der Waals surface area (Å²) in [7, 11) is 1.51. The third-order valence-corrected chi connectivity index (χ3v) is 2.71. The van der Waals surface area contributed by atoms with Crippen LogP contribution in [0.15, 0.2) is 30.9 Å². The second-order valence-electron chi connectivity index (χ2n) is 4.50. The molecule has 1 heterocycles. The fourth-order valence-electron chi connectivity index (χ4n) is 1.96. The van der Waals surface area contributed by atoms with E-state index in [-0.39, 0.29) is 5.75 Å². The summed E-state index contributed by atoms with van der Waals surface area (Å²) in [5.41, 5.74) is 1.31. The van der Waals surface area contributed by atoms with Gasteiger partial charge in [0, 0.05) is 5.56 Å². The van der Waals surface area contributed by atoms with Crippen LogP contribution in [0.25, 0.3) is 5.57 Å². The number of benzene rings is 1. The van der Waals surface area contributed by atoms with Crippen LogP contribution in [-0.4, -0.2) is 17.8 Å². The van der Waals surface area contributed by atoms with Crippen molar-refractivity contribution in [2.24, 2.45) is 0 Å². The molecule has 1 aromatic rings. The predicted molar refractivity (Wildman–Crippen MR) is 67.5 cm³/mol. The fourth-order valence-corrected chi connectivity index (χ4v) is 1.96. The molecule has 0 fully saturated rings. The molecule has 0 bridgehead atoms. The molecule has 1 aliphatic rings. The first-order valence-electron chi connectivity index (χ1n) is 5.43. The molecule has 3 nitrogen and oxygen atoms in total. The zero-order valence-corrected chi connectivity index (χ0v) is 10.3. The van der Waals surface area contributed by atoms with E-state index in [1.807, 2.05) is 26.0 Å². The highest BCUT2D eigenvalue weighted by Crippen LogP contribution is 2.46. The summed E-state index contributed by atoms with van der Waals surface area (Å²) in [6.07, 6.45) is 3.74. The number of phenols is 1. The fraction of sp³-hybridized carbons (Fsp3) is 0.286. The van der Waals surface area contributed by atoms with Crippen molar-refractivity contribution in [1.82, 2.24) is 0 Å². The van der Waals surface area contributed by atoms with Crippen LogP contribution >= 0.6 is 0 Å². The van der Waals surface area contributed by atoms with E-state index in [4.69, 9.17) is 9.47 Å². The van der Waals surface area contributed by atoms with E-state index in [0.717, 1.165) is 11.1 Å². The maximum atomic E-state index is 10.1. The lowest BCUT2D eigenvalue weighted by molar-refractivity contribution is 0.151. The maximum absolute atomic E-state index is 10.1. The average molecular weight is 232 g/mol. The van der Waals surface area contributed by atoms with Gasteiger partial charge < -0.3 is 14.6 Å². The van der Waals surface area contributed by atoms with Crippen LogP contribution in [-0.2, 0) is 0 Å². The summed E-state index contributed by atoms with van der Waals surface area (Å²) in [6.45, 7) is 7.64. The zero-order chi connectivity index (χ0) is 12.6. The van der Waals surface area contributed by atoms with Gasteiger partial charge in [0.15, 0.2) is 11.5 Å². The van der Waals surface area contributed by atoms with Crippen molar-refractivity contribution < 1.29 is 14.6 Å². The Morgan fingerprint density at radius 1 is 1.41 bits per heavy atom. The lowest BCUT2D eigenvalue weighted by atomic mass is 9.94.